The zero-order valence-electron chi connectivity index (χ0n) is 12.6. The van der Waals surface area contributed by atoms with E-state index in [0.29, 0.717) is 11.4 Å². The summed E-state index contributed by atoms with van der Waals surface area (Å²) in [5.41, 5.74) is 1.84. The lowest BCUT2D eigenvalue weighted by Crippen LogP contribution is -2.14. The molecule has 1 heterocycles. The fraction of sp³-hybridized carbons (Fsp3) is 0.0556. The molecule has 0 saturated carbocycles. The molecule has 3 rings (SSSR count). The molecule has 0 radical (unpaired) electrons. The van der Waals surface area contributed by atoms with Gasteiger partial charge in [-0.2, -0.15) is 0 Å². The number of hydrogen-bond donors (Lipinski definition) is 1. The Balaban J connectivity index is 1.84. The van der Waals surface area contributed by atoms with Gasteiger partial charge in [0.15, 0.2) is 5.75 Å². The van der Waals surface area contributed by atoms with E-state index in [0.717, 1.165) is 11.3 Å². The van der Waals surface area contributed by atoms with Crippen molar-refractivity contribution in [2.24, 2.45) is 0 Å². The van der Waals surface area contributed by atoms with Gasteiger partial charge in [-0.15, -0.1) is 0 Å². The van der Waals surface area contributed by atoms with Gasteiger partial charge in [0.25, 0.3) is 5.91 Å². The third kappa shape index (κ3) is 3.52. The van der Waals surface area contributed by atoms with Crippen LogP contribution in [0, 0.1) is 6.92 Å². The van der Waals surface area contributed by atoms with E-state index in [2.05, 4.69) is 15.3 Å². The number of amides is 1. The number of carbonyl (C=O) groups excluding carboxylic acids is 1. The van der Waals surface area contributed by atoms with Crippen LogP contribution in [0.4, 0.5) is 5.69 Å². The minimum Gasteiger partial charge on any atom is -0.455 e. The summed E-state index contributed by atoms with van der Waals surface area (Å²) in [6.07, 6.45) is 4.41. The Bertz CT molecular complexity index is 819. The van der Waals surface area contributed by atoms with Gasteiger partial charge >= 0.3 is 0 Å². The monoisotopic (exact) mass is 305 g/mol. The van der Waals surface area contributed by atoms with Crippen molar-refractivity contribution in [3.8, 4) is 11.5 Å². The van der Waals surface area contributed by atoms with E-state index in [1.165, 1.54) is 18.6 Å². The Kier molecular flexibility index (Phi) is 4.29. The van der Waals surface area contributed by atoms with Gasteiger partial charge in [0, 0.05) is 12.4 Å². The van der Waals surface area contributed by atoms with Crippen LogP contribution in [0.25, 0.3) is 0 Å². The van der Waals surface area contributed by atoms with Gasteiger partial charge in [0.05, 0.1) is 11.9 Å². The van der Waals surface area contributed by atoms with Gasteiger partial charge in [-0.05, 0) is 30.7 Å². The molecule has 114 valence electrons. The van der Waals surface area contributed by atoms with Gasteiger partial charge in [-0.3, -0.25) is 9.78 Å². The first-order valence-electron chi connectivity index (χ1n) is 7.14. The first kappa shape index (κ1) is 14.7. The van der Waals surface area contributed by atoms with Gasteiger partial charge in [0.2, 0.25) is 0 Å². The van der Waals surface area contributed by atoms with Crippen molar-refractivity contribution in [1.29, 1.82) is 0 Å². The van der Waals surface area contributed by atoms with Crippen molar-refractivity contribution in [3.63, 3.8) is 0 Å². The smallest absolute Gasteiger partial charge is 0.275 e. The summed E-state index contributed by atoms with van der Waals surface area (Å²) in [6, 6.07) is 15.0. The molecule has 0 unspecified atom stereocenters. The first-order valence-corrected chi connectivity index (χ1v) is 7.14. The molecule has 0 bridgehead atoms. The zero-order valence-corrected chi connectivity index (χ0v) is 12.6. The maximum absolute atomic E-state index is 12.2. The van der Waals surface area contributed by atoms with E-state index in [1.807, 2.05) is 43.3 Å². The number of nitrogens with zero attached hydrogens (tertiary/aromatic N) is 2. The summed E-state index contributed by atoms with van der Waals surface area (Å²) in [7, 11) is 0. The highest BCUT2D eigenvalue weighted by atomic mass is 16.5. The van der Waals surface area contributed by atoms with Crippen molar-refractivity contribution in [1.82, 2.24) is 9.97 Å². The molecule has 0 aliphatic rings. The lowest BCUT2D eigenvalue weighted by molar-refractivity contribution is 0.102. The van der Waals surface area contributed by atoms with Crippen molar-refractivity contribution >= 4 is 11.6 Å². The minimum atomic E-state index is -0.334. The third-order valence-corrected chi connectivity index (χ3v) is 3.24. The highest BCUT2D eigenvalue weighted by Crippen LogP contribution is 2.31. The first-order chi connectivity index (χ1) is 11.2. The minimum absolute atomic E-state index is 0.248. The number of benzene rings is 2. The quantitative estimate of drug-likeness (QED) is 0.795. The van der Waals surface area contributed by atoms with Crippen LogP contribution >= 0.6 is 0 Å². The number of rotatable bonds is 4. The average Bonchev–Trinajstić information content (AvgIpc) is 2.59. The van der Waals surface area contributed by atoms with E-state index < -0.39 is 0 Å². The highest BCUT2D eigenvalue weighted by Gasteiger charge is 2.12. The Morgan fingerprint density at radius 1 is 1.00 bits per heavy atom. The second-order valence-electron chi connectivity index (χ2n) is 4.91. The number of carbonyl (C=O) groups is 1. The number of ether oxygens (including phenoxy) is 1. The van der Waals surface area contributed by atoms with Crippen molar-refractivity contribution in [2.45, 2.75) is 6.92 Å². The molecule has 1 aromatic heterocycles. The molecule has 0 fully saturated rings. The van der Waals surface area contributed by atoms with E-state index in [9.17, 15) is 4.79 Å². The summed E-state index contributed by atoms with van der Waals surface area (Å²) in [5, 5.41) is 2.80. The molecule has 23 heavy (non-hydrogen) atoms. The summed E-state index contributed by atoms with van der Waals surface area (Å²) in [6.45, 7) is 1.97. The highest BCUT2D eigenvalue weighted by molar-refractivity contribution is 6.03. The third-order valence-electron chi connectivity index (χ3n) is 3.24. The normalized spacial score (nSPS) is 10.1. The van der Waals surface area contributed by atoms with E-state index in [1.54, 1.807) is 12.1 Å². The molecule has 0 saturated heterocycles. The summed E-state index contributed by atoms with van der Waals surface area (Å²) < 4.78 is 5.93. The summed E-state index contributed by atoms with van der Waals surface area (Å²) >= 11 is 0. The molecule has 0 aliphatic carbocycles. The van der Waals surface area contributed by atoms with Crippen LogP contribution in [-0.4, -0.2) is 15.9 Å². The van der Waals surface area contributed by atoms with Crippen LogP contribution in [0.5, 0.6) is 11.5 Å². The standard InChI is InChI=1S/C18H15N3O2/c1-13-6-2-4-8-16(13)23-17-9-5-3-7-14(17)21-18(22)15-12-19-10-11-20-15/h2-12H,1H3,(H,21,22). The van der Waals surface area contributed by atoms with Gasteiger partial charge < -0.3 is 10.1 Å². The number of aromatic nitrogens is 2. The maximum atomic E-state index is 12.2. The predicted octanol–water partition coefficient (Wildman–Crippen LogP) is 3.83. The number of hydrogen-bond acceptors (Lipinski definition) is 4. The topological polar surface area (TPSA) is 64.1 Å². The molecule has 1 amide bonds. The molecule has 0 aliphatic heterocycles. The van der Waals surface area contributed by atoms with Crippen LogP contribution in [0.2, 0.25) is 0 Å². The Morgan fingerprint density at radius 3 is 2.48 bits per heavy atom. The number of nitrogens with one attached hydrogen (secondary N) is 1. The van der Waals surface area contributed by atoms with E-state index in [-0.39, 0.29) is 11.6 Å². The molecule has 3 aromatic rings. The fourth-order valence-electron chi connectivity index (χ4n) is 2.05. The van der Waals surface area contributed by atoms with Crippen LogP contribution in [0.15, 0.2) is 67.1 Å². The predicted molar refractivity (Wildman–Crippen MR) is 87.7 cm³/mol. The summed E-state index contributed by atoms with van der Waals surface area (Å²) in [5.74, 6) is 0.978. The summed E-state index contributed by atoms with van der Waals surface area (Å²) in [4.78, 5) is 20.1. The van der Waals surface area contributed by atoms with Crippen molar-refractivity contribution in [3.05, 3.63) is 78.4 Å². The number of aryl methyl sites for hydroxylation is 1. The fourth-order valence-corrected chi connectivity index (χ4v) is 2.05. The molecule has 0 spiro atoms. The zero-order chi connectivity index (χ0) is 16.1. The maximum Gasteiger partial charge on any atom is 0.275 e. The largest absolute Gasteiger partial charge is 0.455 e. The van der Waals surface area contributed by atoms with E-state index >= 15 is 0 Å². The lowest BCUT2D eigenvalue weighted by atomic mass is 10.2. The van der Waals surface area contributed by atoms with Gasteiger partial charge in [-0.25, -0.2) is 4.98 Å². The second kappa shape index (κ2) is 6.70. The molecule has 0 atom stereocenters. The number of anilines is 1. The average molecular weight is 305 g/mol. The molecular weight excluding hydrogens is 290 g/mol. The SMILES string of the molecule is Cc1ccccc1Oc1ccccc1NC(=O)c1cnccn1. The van der Waals surface area contributed by atoms with Crippen molar-refractivity contribution in [2.75, 3.05) is 5.32 Å². The van der Waals surface area contributed by atoms with Gasteiger partial charge in [0.1, 0.15) is 11.4 Å². The van der Waals surface area contributed by atoms with Gasteiger partial charge in [-0.1, -0.05) is 30.3 Å². The van der Waals surface area contributed by atoms with Crippen LogP contribution in [0.3, 0.4) is 0 Å². The number of para-hydroxylation sites is 3. The van der Waals surface area contributed by atoms with Crippen LogP contribution in [0.1, 0.15) is 16.1 Å². The van der Waals surface area contributed by atoms with Crippen LogP contribution < -0.4 is 10.1 Å². The van der Waals surface area contributed by atoms with Crippen LogP contribution in [-0.2, 0) is 0 Å². The Labute approximate surface area is 134 Å². The lowest BCUT2D eigenvalue weighted by Gasteiger charge is -2.13. The second-order valence-corrected chi connectivity index (χ2v) is 4.91. The molecule has 5 heteroatoms. The molecule has 5 nitrogen and oxygen atoms in total. The Hall–Kier alpha value is -3.21. The molecular formula is C18H15N3O2. The molecule has 1 N–H and O–H groups in total. The molecule has 2 aromatic carbocycles. The Morgan fingerprint density at radius 2 is 1.74 bits per heavy atom. The van der Waals surface area contributed by atoms with Crippen molar-refractivity contribution < 1.29 is 9.53 Å². The van der Waals surface area contributed by atoms with E-state index in [4.69, 9.17) is 4.74 Å².